The van der Waals surface area contributed by atoms with E-state index in [2.05, 4.69) is 12.2 Å². The summed E-state index contributed by atoms with van der Waals surface area (Å²) in [4.78, 5) is 0. The van der Waals surface area contributed by atoms with Crippen LogP contribution in [0.1, 0.15) is 61.1 Å². The topological polar surface area (TPSA) is 0 Å². The average Bonchev–Trinajstić information content (AvgIpc) is 2.69. The molecule has 0 N–H and O–H groups in total. The highest BCUT2D eigenvalue weighted by Crippen LogP contribution is 2.54. The summed E-state index contributed by atoms with van der Waals surface area (Å²) in [6, 6.07) is 5.04. The van der Waals surface area contributed by atoms with Crippen LogP contribution in [0.4, 0.5) is 17.6 Å². The first kappa shape index (κ1) is 20.5. The lowest BCUT2D eigenvalue weighted by Gasteiger charge is -2.46. The lowest BCUT2D eigenvalue weighted by molar-refractivity contribution is 0.193. The van der Waals surface area contributed by atoms with Gasteiger partial charge in [-0.2, -0.15) is 0 Å². The fraction of sp³-hybridized carbons (Fsp3) is 0.417. The van der Waals surface area contributed by atoms with Gasteiger partial charge in [-0.3, -0.25) is 0 Å². The molecule has 0 unspecified atom stereocenters. The summed E-state index contributed by atoms with van der Waals surface area (Å²) in [6.07, 6.45) is 7.89. The maximum absolute atomic E-state index is 14.3. The molecule has 0 heterocycles. The quantitative estimate of drug-likeness (QED) is 0.270. The summed E-state index contributed by atoms with van der Waals surface area (Å²) >= 11 is 5.70. The van der Waals surface area contributed by atoms with E-state index in [9.17, 15) is 17.6 Å². The zero-order valence-corrected chi connectivity index (χ0v) is 17.0. The van der Waals surface area contributed by atoms with E-state index in [0.29, 0.717) is 24.0 Å². The number of allylic oxidation sites excluding steroid dienone is 2. The Morgan fingerprint density at radius 3 is 2.38 bits per heavy atom. The number of benzene rings is 2. The van der Waals surface area contributed by atoms with Crippen molar-refractivity contribution in [1.29, 1.82) is 0 Å². The number of rotatable bonds is 3. The van der Waals surface area contributed by atoms with Gasteiger partial charge in [-0.05, 0) is 90.7 Å². The minimum absolute atomic E-state index is 0.0259. The molecule has 0 spiro atoms. The molecule has 0 aliphatic heterocycles. The number of fused-ring (bicyclic) bond motifs is 3. The Kier molecular flexibility index (Phi) is 5.74. The van der Waals surface area contributed by atoms with Gasteiger partial charge < -0.3 is 0 Å². The Morgan fingerprint density at radius 1 is 0.966 bits per heavy atom. The van der Waals surface area contributed by atoms with E-state index >= 15 is 0 Å². The van der Waals surface area contributed by atoms with Crippen molar-refractivity contribution in [3.63, 3.8) is 0 Å². The Hall–Kier alpha value is -1.81. The van der Waals surface area contributed by atoms with Crippen LogP contribution in [0.15, 0.2) is 36.4 Å². The normalized spacial score (nSPS) is 26.4. The summed E-state index contributed by atoms with van der Waals surface area (Å²) in [5.41, 5.74) is 1.88. The van der Waals surface area contributed by atoms with Crippen molar-refractivity contribution < 1.29 is 17.6 Å². The molecule has 154 valence electrons. The van der Waals surface area contributed by atoms with E-state index in [1.165, 1.54) is 18.2 Å². The van der Waals surface area contributed by atoms with Gasteiger partial charge in [0.05, 0.1) is 0 Å². The number of hydrogen-bond donors (Lipinski definition) is 0. The molecule has 0 radical (unpaired) electrons. The van der Waals surface area contributed by atoms with Gasteiger partial charge in [0.2, 0.25) is 0 Å². The SMILES string of the molecule is CCC=C[C@@H]1CC[C@H]2c3cc(F)cc(F)c3CC[C@@H]2[C@H]1c1cc(F)c(Cl)c(F)c1. The fourth-order valence-corrected chi connectivity index (χ4v) is 5.53. The molecule has 29 heavy (non-hydrogen) atoms. The molecule has 0 nitrogen and oxygen atoms in total. The van der Waals surface area contributed by atoms with E-state index < -0.39 is 28.3 Å². The van der Waals surface area contributed by atoms with Gasteiger partial charge in [-0.1, -0.05) is 30.7 Å². The molecule has 2 aromatic rings. The highest BCUT2D eigenvalue weighted by molar-refractivity contribution is 6.30. The molecule has 0 bridgehead atoms. The second-order valence-corrected chi connectivity index (χ2v) is 8.54. The van der Waals surface area contributed by atoms with Crippen molar-refractivity contribution in [3.05, 3.63) is 81.4 Å². The molecular formula is C24H23ClF4. The Morgan fingerprint density at radius 2 is 1.69 bits per heavy atom. The van der Waals surface area contributed by atoms with Gasteiger partial charge >= 0.3 is 0 Å². The zero-order valence-electron chi connectivity index (χ0n) is 16.2. The predicted octanol–water partition coefficient (Wildman–Crippen LogP) is 7.70. The first-order valence-corrected chi connectivity index (χ1v) is 10.6. The van der Waals surface area contributed by atoms with Gasteiger partial charge in [0.25, 0.3) is 0 Å². The van der Waals surface area contributed by atoms with Crippen molar-refractivity contribution in [3.8, 4) is 0 Å². The monoisotopic (exact) mass is 422 g/mol. The maximum Gasteiger partial charge on any atom is 0.145 e. The summed E-state index contributed by atoms with van der Waals surface area (Å²) in [5, 5.41) is -0.500. The number of halogens is 5. The summed E-state index contributed by atoms with van der Waals surface area (Å²) in [5.74, 6) is -2.58. The second kappa shape index (κ2) is 8.14. The molecule has 1 saturated carbocycles. The van der Waals surface area contributed by atoms with Crippen LogP contribution in [0.25, 0.3) is 0 Å². The number of hydrogen-bond acceptors (Lipinski definition) is 0. The molecule has 4 rings (SSSR count). The van der Waals surface area contributed by atoms with Gasteiger partial charge in [0.15, 0.2) is 0 Å². The standard InChI is InChI=1S/C24H23ClF4/c1-2-3-4-13-5-6-16-18(8-7-17-19(16)11-15(26)12-20(17)27)23(13)14-9-21(28)24(25)22(29)10-14/h3-4,9-13,16,18,23H,2,5-8H2,1H3/t13-,16-,18+,23-/m1/s1. The van der Waals surface area contributed by atoms with E-state index in [4.69, 9.17) is 11.6 Å². The summed E-state index contributed by atoms with van der Waals surface area (Å²) in [7, 11) is 0. The first-order chi connectivity index (χ1) is 13.9. The van der Waals surface area contributed by atoms with Crippen LogP contribution < -0.4 is 0 Å². The van der Waals surface area contributed by atoms with E-state index in [-0.39, 0.29) is 23.7 Å². The van der Waals surface area contributed by atoms with Gasteiger partial charge in [0.1, 0.15) is 28.3 Å². The van der Waals surface area contributed by atoms with Crippen LogP contribution in [-0.4, -0.2) is 0 Å². The molecule has 5 heteroatoms. The molecule has 0 amide bonds. The molecule has 2 aliphatic carbocycles. The van der Waals surface area contributed by atoms with Crippen molar-refractivity contribution >= 4 is 11.6 Å². The van der Waals surface area contributed by atoms with E-state index in [1.54, 1.807) is 0 Å². The van der Waals surface area contributed by atoms with Crippen LogP contribution in [0.5, 0.6) is 0 Å². The third kappa shape index (κ3) is 3.72. The minimum Gasteiger partial charge on any atom is -0.207 e. The third-order valence-electron chi connectivity index (χ3n) is 6.58. The fourth-order valence-electron chi connectivity index (χ4n) is 5.42. The first-order valence-electron chi connectivity index (χ1n) is 10.2. The Bertz CT molecular complexity index is 929. The highest BCUT2D eigenvalue weighted by Gasteiger charge is 2.43. The van der Waals surface area contributed by atoms with Gasteiger partial charge in [-0.25, -0.2) is 17.6 Å². The van der Waals surface area contributed by atoms with Crippen molar-refractivity contribution in [1.82, 2.24) is 0 Å². The second-order valence-electron chi connectivity index (χ2n) is 8.17. The molecular weight excluding hydrogens is 400 g/mol. The lowest BCUT2D eigenvalue weighted by Crippen LogP contribution is -2.35. The Labute approximate surface area is 173 Å². The summed E-state index contributed by atoms with van der Waals surface area (Å²) < 4.78 is 56.8. The molecule has 0 aromatic heterocycles. The Balaban J connectivity index is 1.80. The predicted molar refractivity (Wildman–Crippen MR) is 107 cm³/mol. The van der Waals surface area contributed by atoms with E-state index in [0.717, 1.165) is 30.9 Å². The minimum atomic E-state index is -0.768. The highest BCUT2D eigenvalue weighted by atomic mass is 35.5. The van der Waals surface area contributed by atoms with Crippen LogP contribution in [0.3, 0.4) is 0 Å². The molecule has 2 aliphatic rings. The lowest BCUT2D eigenvalue weighted by atomic mass is 9.58. The summed E-state index contributed by atoms with van der Waals surface area (Å²) in [6.45, 7) is 2.04. The van der Waals surface area contributed by atoms with Crippen LogP contribution in [0.2, 0.25) is 5.02 Å². The zero-order chi connectivity index (χ0) is 20.7. The largest absolute Gasteiger partial charge is 0.207 e. The molecule has 2 aromatic carbocycles. The maximum atomic E-state index is 14.3. The van der Waals surface area contributed by atoms with Gasteiger partial charge in [0, 0.05) is 6.07 Å². The van der Waals surface area contributed by atoms with Crippen molar-refractivity contribution in [2.24, 2.45) is 11.8 Å². The van der Waals surface area contributed by atoms with Crippen LogP contribution in [0, 0.1) is 35.1 Å². The van der Waals surface area contributed by atoms with Gasteiger partial charge in [-0.15, -0.1) is 0 Å². The smallest absolute Gasteiger partial charge is 0.145 e. The van der Waals surface area contributed by atoms with Crippen molar-refractivity contribution in [2.75, 3.05) is 0 Å². The third-order valence-corrected chi connectivity index (χ3v) is 6.94. The average molecular weight is 423 g/mol. The molecule has 1 fully saturated rings. The van der Waals surface area contributed by atoms with Crippen LogP contribution in [-0.2, 0) is 6.42 Å². The molecule has 4 atom stereocenters. The van der Waals surface area contributed by atoms with Crippen molar-refractivity contribution in [2.45, 2.75) is 50.9 Å². The van der Waals surface area contributed by atoms with E-state index in [1.807, 2.05) is 6.92 Å². The van der Waals surface area contributed by atoms with Crippen LogP contribution >= 0.6 is 11.6 Å². The molecule has 0 saturated heterocycles.